The average molecular weight is 221 g/mol. The second-order valence-corrected chi connectivity index (χ2v) is 3.82. The molecule has 74 valence electrons. The van der Waals surface area contributed by atoms with E-state index in [1.165, 1.54) is 12.1 Å². The molecule has 0 fully saturated rings. The fraction of sp³-hybridized carbons (Fsp3) is 0. The van der Waals surface area contributed by atoms with E-state index in [0.29, 0.717) is 16.2 Å². The molecule has 3 aromatic rings. The molecule has 0 bridgehead atoms. The summed E-state index contributed by atoms with van der Waals surface area (Å²) in [7, 11) is 0. The van der Waals surface area contributed by atoms with Gasteiger partial charge in [0.25, 0.3) is 0 Å². The number of hydrogen-bond acceptors (Lipinski definition) is 1. The van der Waals surface area contributed by atoms with Gasteiger partial charge >= 0.3 is 0 Å². The lowest BCUT2D eigenvalue weighted by Gasteiger charge is -1.89. The van der Waals surface area contributed by atoms with Crippen molar-refractivity contribution in [3.63, 3.8) is 0 Å². The molecule has 0 N–H and O–H groups in total. The number of furan rings is 1. The van der Waals surface area contributed by atoms with Crippen LogP contribution in [0.4, 0.5) is 4.39 Å². The van der Waals surface area contributed by atoms with Crippen molar-refractivity contribution in [1.29, 1.82) is 0 Å². The molecule has 1 heterocycles. The maximum Gasteiger partial charge on any atom is 0.138 e. The van der Waals surface area contributed by atoms with Gasteiger partial charge in [-0.3, -0.25) is 0 Å². The van der Waals surface area contributed by atoms with Gasteiger partial charge in [-0.1, -0.05) is 11.6 Å². The minimum atomic E-state index is -0.298. The predicted molar refractivity (Wildman–Crippen MR) is 58.7 cm³/mol. The highest BCUT2D eigenvalue weighted by Gasteiger charge is 2.07. The smallest absolute Gasteiger partial charge is 0.138 e. The molecule has 1 nitrogen and oxygen atoms in total. The van der Waals surface area contributed by atoms with Gasteiger partial charge in [0, 0.05) is 27.9 Å². The Morgan fingerprint density at radius 2 is 1.60 bits per heavy atom. The van der Waals surface area contributed by atoms with Crippen molar-refractivity contribution in [3.05, 3.63) is 47.2 Å². The summed E-state index contributed by atoms with van der Waals surface area (Å²) in [6.45, 7) is 0. The summed E-state index contributed by atoms with van der Waals surface area (Å²) >= 11 is 5.84. The highest BCUT2D eigenvalue weighted by Crippen LogP contribution is 2.30. The maximum absolute atomic E-state index is 13.0. The van der Waals surface area contributed by atoms with Crippen LogP contribution >= 0.6 is 11.6 Å². The van der Waals surface area contributed by atoms with Gasteiger partial charge in [0.15, 0.2) is 0 Å². The molecular formula is C12H6ClFO. The van der Waals surface area contributed by atoms with E-state index >= 15 is 0 Å². The average Bonchev–Trinajstić information content (AvgIpc) is 2.53. The Morgan fingerprint density at radius 3 is 2.40 bits per heavy atom. The Morgan fingerprint density at radius 1 is 0.933 bits per heavy atom. The first-order chi connectivity index (χ1) is 7.24. The zero-order valence-corrected chi connectivity index (χ0v) is 8.38. The summed E-state index contributed by atoms with van der Waals surface area (Å²) in [4.78, 5) is 0. The molecule has 0 unspecified atom stereocenters. The van der Waals surface area contributed by atoms with Crippen LogP contribution in [0.2, 0.25) is 5.02 Å². The first-order valence-electron chi connectivity index (χ1n) is 4.51. The Kier molecular flexibility index (Phi) is 1.73. The van der Waals surface area contributed by atoms with Gasteiger partial charge in [-0.25, -0.2) is 4.39 Å². The molecule has 0 atom stereocenters. The van der Waals surface area contributed by atoms with Crippen LogP contribution in [-0.4, -0.2) is 0 Å². The van der Waals surface area contributed by atoms with E-state index in [2.05, 4.69) is 0 Å². The van der Waals surface area contributed by atoms with Crippen molar-refractivity contribution in [2.24, 2.45) is 0 Å². The predicted octanol–water partition coefficient (Wildman–Crippen LogP) is 4.38. The SMILES string of the molecule is Fc1ccc2c(c1)oc1cc(Cl)ccc12. The van der Waals surface area contributed by atoms with Crippen molar-refractivity contribution < 1.29 is 8.81 Å². The number of benzene rings is 2. The Labute approximate surface area is 90.1 Å². The number of rotatable bonds is 0. The van der Waals surface area contributed by atoms with Gasteiger partial charge < -0.3 is 4.42 Å². The van der Waals surface area contributed by atoms with Crippen LogP contribution in [0.3, 0.4) is 0 Å². The molecule has 1 aromatic heterocycles. The van der Waals surface area contributed by atoms with E-state index < -0.39 is 0 Å². The monoisotopic (exact) mass is 220 g/mol. The summed E-state index contributed by atoms with van der Waals surface area (Å²) in [5.74, 6) is -0.298. The second-order valence-electron chi connectivity index (χ2n) is 3.38. The normalized spacial score (nSPS) is 11.3. The lowest BCUT2D eigenvalue weighted by atomic mass is 10.1. The lowest BCUT2D eigenvalue weighted by molar-refractivity contribution is 0.618. The number of halogens is 2. The van der Waals surface area contributed by atoms with Gasteiger partial charge in [-0.15, -0.1) is 0 Å². The molecule has 2 aromatic carbocycles. The van der Waals surface area contributed by atoms with E-state index in [9.17, 15) is 4.39 Å². The van der Waals surface area contributed by atoms with Crippen LogP contribution in [0.25, 0.3) is 21.9 Å². The second kappa shape index (κ2) is 2.97. The van der Waals surface area contributed by atoms with Crippen LogP contribution in [0.1, 0.15) is 0 Å². The lowest BCUT2D eigenvalue weighted by Crippen LogP contribution is -1.70. The highest BCUT2D eigenvalue weighted by molar-refractivity contribution is 6.31. The Hall–Kier alpha value is -1.54. The fourth-order valence-corrected chi connectivity index (χ4v) is 1.89. The molecule has 3 heteroatoms. The fourth-order valence-electron chi connectivity index (χ4n) is 1.72. The molecule has 0 radical (unpaired) electrons. The number of fused-ring (bicyclic) bond motifs is 3. The van der Waals surface area contributed by atoms with Crippen LogP contribution in [0, 0.1) is 5.82 Å². The van der Waals surface area contributed by atoms with E-state index in [1.54, 1.807) is 18.2 Å². The zero-order valence-electron chi connectivity index (χ0n) is 7.63. The van der Waals surface area contributed by atoms with Crippen molar-refractivity contribution in [2.45, 2.75) is 0 Å². The molecular weight excluding hydrogens is 215 g/mol. The first kappa shape index (κ1) is 8.74. The van der Waals surface area contributed by atoms with Gasteiger partial charge in [-0.05, 0) is 24.3 Å². The summed E-state index contributed by atoms with van der Waals surface area (Å²) in [6.07, 6.45) is 0. The van der Waals surface area contributed by atoms with Gasteiger partial charge in [0.1, 0.15) is 17.0 Å². The third-order valence-corrected chi connectivity index (χ3v) is 2.63. The molecule has 0 aliphatic rings. The third-order valence-electron chi connectivity index (χ3n) is 2.40. The van der Waals surface area contributed by atoms with Gasteiger partial charge in [0.2, 0.25) is 0 Å². The zero-order chi connectivity index (χ0) is 10.4. The van der Waals surface area contributed by atoms with Crippen molar-refractivity contribution in [2.75, 3.05) is 0 Å². The minimum Gasteiger partial charge on any atom is -0.456 e. The highest BCUT2D eigenvalue weighted by atomic mass is 35.5. The van der Waals surface area contributed by atoms with Crippen LogP contribution in [0.15, 0.2) is 40.8 Å². The quantitative estimate of drug-likeness (QED) is 0.548. The molecule has 15 heavy (non-hydrogen) atoms. The van der Waals surface area contributed by atoms with Crippen molar-refractivity contribution >= 4 is 33.5 Å². The van der Waals surface area contributed by atoms with Crippen molar-refractivity contribution in [3.8, 4) is 0 Å². The minimum absolute atomic E-state index is 0.298. The van der Waals surface area contributed by atoms with Gasteiger partial charge in [-0.2, -0.15) is 0 Å². The maximum atomic E-state index is 13.0. The Balaban J connectivity index is 2.51. The Bertz CT molecular complexity index is 601. The third kappa shape index (κ3) is 1.29. The molecule has 3 rings (SSSR count). The molecule has 0 aliphatic carbocycles. The van der Waals surface area contributed by atoms with Gasteiger partial charge in [0.05, 0.1) is 0 Å². The van der Waals surface area contributed by atoms with E-state index in [1.807, 2.05) is 6.07 Å². The molecule has 0 saturated carbocycles. The van der Waals surface area contributed by atoms with E-state index in [4.69, 9.17) is 16.0 Å². The topological polar surface area (TPSA) is 13.1 Å². The summed E-state index contributed by atoms with van der Waals surface area (Å²) in [5, 5.41) is 2.47. The standard InChI is InChI=1S/C12H6ClFO/c13-7-1-3-9-10-4-2-8(14)6-12(10)15-11(9)5-7/h1-6H. The summed E-state index contributed by atoms with van der Waals surface area (Å²) in [5.41, 5.74) is 1.23. The van der Waals surface area contributed by atoms with Crippen LogP contribution in [-0.2, 0) is 0 Å². The largest absolute Gasteiger partial charge is 0.456 e. The molecule has 0 aliphatic heterocycles. The van der Waals surface area contributed by atoms with E-state index in [-0.39, 0.29) is 5.82 Å². The first-order valence-corrected chi connectivity index (χ1v) is 4.89. The molecule has 0 amide bonds. The summed E-state index contributed by atoms with van der Waals surface area (Å²) in [6, 6.07) is 9.91. The summed E-state index contributed by atoms with van der Waals surface area (Å²) < 4.78 is 18.4. The van der Waals surface area contributed by atoms with Crippen molar-refractivity contribution in [1.82, 2.24) is 0 Å². The van der Waals surface area contributed by atoms with Crippen LogP contribution < -0.4 is 0 Å². The molecule has 0 saturated heterocycles. The van der Waals surface area contributed by atoms with Crippen LogP contribution in [0.5, 0.6) is 0 Å². The number of hydrogen-bond donors (Lipinski definition) is 0. The van der Waals surface area contributed by atoms with E-state index in [0.717, 1.165) is 10.8 Å². The molecule has 0 spiro atoms.